The Morgan fingerprint density at radius 1 is 1.56 bits per heavy atom. The van der Waals surface area contributed by atoms with E-state index in [0.717, 1.165) is 31.8 Å². The van der Waals surface area contributed by atoms with Gasteiger partial charge in [-0.2, -0.15) is 0 Å². The highest BCUT2D eigenvalue weighted by Crippen LogP contribution is 2.22. The van der Waals surface area contributed by atoms with Crippen LogP contribution in [0.5, 0.6) is 0 Å². The summed E-state index contributed by atoms with van der Waals surface area (Å²) >= 11 is 0. The molecule has 1 saturated heterocycles. The Bertz CT molecular complexity index is 232. The largest absolute Gasteiger partial charge is 0.341 e. The number of likely N-dealkylation sites (tertiary alicyclic amines) is 1. The molecule has 3 heteroatoms. The van der Waals surface area contributed by atoms with Gasteiger partial charge in [-0.25, -0.2) is 0 Å². The van der Waals surface area contributed by atoms with Gasteiger partial charge in [-0.3, -0.25) is 4.79 Å². The van der Waals surface area contributed by atoms with E-state index in [4.69, 9.17) is 5.73 Å². The van der Waals surface area contributed by atoms with Crippen LogP contribution in [0.2, 0.25) is 0 Å². The normalized spacial score (nSPS) is 19.5. The first-order valence-corrected chi connectivity index (χ1v) is 6.34. The average molecular weight is 224 g/mol. The van der Waals surface area contributed by atoms with Gasteiger partial charge in [0.15, 0.2) is 0 Å². The van der Waals surface area contributed by atoms with Crippen molar-refractivity contribution in [2.45, 2.75) is 45.1 Å². The van der Waals surface area contributed by atoms with Crippen molar-refractivity contribution in [3.63, 3.8) is 0 Å². The Morgan fingerprint density at radius 2 is 2.19 bits per heavy atom. The predicted molar refractivity (Wildman–Crippen MR) is 67.0 cm³/mol. The van der Waals surface area contributed by atoms with Crippen LogP contribution in [0.3, 0.4) is 0 Å². The highest BCUT2D eigenvalue weighted by molar-refractivity contribution is 5.81. The third-order valence-corrected chi connectivity index (χ3v) is 3.36. The third-order valence-electron chi connectivity index (χ3n) is 3.36. The van der Waals surface area contributed by atoms with Crippen LogP contribution in [0, 0.1) is 5.92 Å². The quantitative estimate of drug-likeness (QED) is 0.725. The zero-order chi connectivity index (χ0) is 12.0. The van der Waals surface area contributed by atoms with Crippen molar-refractivity contribution in [3.8, 4) is 0 Å². The van der Waals surface area contributed by atoms with Crippen molar-refractivity contribution in [1.29, 1.82) is 0 Å². The van der Waals surface area contributed by atoms with E-state index in [9.17, 15) is 4.79 Å². The summed E-state index contributed by atoms with van der Waals surface area (Å²) in [5.41, 5.74) is 5.79. The zero-order valence-corrected chi connectivity index (χ0v) is 10.3. The van der Waals surface area contributed by atoms with Crippen molar-refractivity contribution in [3.05, 3.63) is 12.7 Å². The fraction of sp³-hybridized carbons (Fsp3) is 0.769. The SMILES string of the molecule is C=CCC(N)C(=O)N1CCC(CCC)CC1. The van der Waals surface area contributed by atoms with Crippen molar-refractivity contribution >= 4 is 5.91 Å². The van der Waals surface area contributed by atoms with Gasteiger partial charge < -0.3 is 10.6 Å². The molecule has 1 atom stereocenters. The van der Waals surface area contributed by atoms with Crippen LogP contribution >= 0.6 is 0 Å². The van der Waals surface area contributed by atoms with E-state index < -0.39 is 0 Å². The lowest BCUT2D eigenvalue weighted by atomic mass is 9.92. The van der Waals surface area contributed by atoms with Crippen LogP contribution in [0.4, 0.5) is 0 Å². The van der Waals surface area contributed by atoms with E-state index in [0.29, 0.717) is 6.42 Å². The summed E-state index contributed by atoms with van der Waals surface area (Å²) in [7, 11) is 0. The molecule has 1 unspecified atom stereocenters. The van der Waals surface area contributed by atoms with Gasteiger partial charge in [0.25, 0.3) is 0 Å². The fourth-order valence-electron chi connectivity index (χ4n) is 2.37. The molecule has 1 fully saturated rings. The van der Waals surface area contributed by atoms with Gasteiger partial charge in [0.2, 0.25) is 5.91 Å². The molecule has 1 aliphatic heterocycles. The molecule has 2 N–H and O–H groups in total. The van der Waals surface area contributed by atoms with Gasteiger partial charge >= 0.3 is 0 Å². The first-order valence-electron chi connectivity index (χ1n) is 6.34. The van der Waals surface area contributed by atoms with Crippen LogP contribution in [0.15, 0.2) is 12.7 Å². The first-order chi connectivity index (χ1) is 7.69. The van der Waals surface area contributed by atoms with Crippen molar-refractivity contribution < 1.29 is 4.79 Å². The molecule has 1 aliphatic rings. The molecule has 0 saturated carbocycles. The molecule has 92 valence electrons. The molecule has 0 aliphatic carbocycles. The number of nitrogens with two attached hydrogens (primary N) is 1. The number of amides is 1. The van der Waals surface area contributed by atoms with E-state index in [1.807, 2.05) is 4.90 Å². The maximum atomic E-state index is 11.9. The van der Waals surface area contributed by atoms with Gasteiger partial charge in [-0.1, -0.05) is 25.8 Å². The van der Waals surface area contributed by atoms with Crippen LogP contribution in [0.25, 0.3) is 0 Å². The van der Waals surface area contributed by atoms with Gasteiger partial charge in [0, 0.05) is 13.1 Å². The second-order valence-corrected chi connectivity index (χ2v) is 4.69. The molecule has 0 aromatic carbocycles. The molecule has 1 rings (SSSR count). The molecule has 3 nitrogen and oxygen atoms in total. The Labute approximate surface area is 98.7 Å². The summed E-state index contributed by atoms with van der Waals surface area (Å²) in [6, 6.07) is -0.389. The number of carbonyl (C=O) groups excluding carboxylic acids is 1. The highest BCUT2D eigenvalue weighted by atomic mass is 16.2. The van der Waals surface area contributed by atoms with Crippen molar-refractivity contribution in [1.82, 2.24) is 4.90 Å². The van der Waals surface area contributed by atoms with E-state index in [1.54, 1.807) is 6.08 Å². The standard InChI is InChI=1S/C13H24N2O/c1-3-5-11-7-9-15(10-8-11)13(16)12(14)6-4-2/h4,11-12H,2-3,5-10,14H2,1H3. The van der Waals surface area contributed by atoms with E-state index >= 15 is 0 Å². The van der Waals surface area contributed by atoms with Gasteiger partial charge in [0.05, 0.1) is 6.04 Å². The van der Waals surface area contributed by atoms with Crippen LogP contribution in [0.1, 0.15) is 39.0 Å². The Morgan fingerprint density at radius 3 is 2.69 bits per heavy atom. The Hall–Kier alpha value is -0.830. The minimum atomic E-state index is -0.389. The molecule has 1 heterocycles. The van der Waals surface area contributed by atoms with Crippen LogP contribution in [-0.2, 0) is 4.79 Å². The van der Waals surface area contributed by atoms with E-state index in [1.165, 1.54) is 12.8 Å². The number of hydrogen-bond donors (Lipinski definition) is 1. The minimum absolute atomic E-state index is 0.0925. The molecule has 0 aromatic heterocycles. The maximum absolute atomic E-state index is 11.9. The summed E-state index contributed by atoms with van der Waals surface area (Å²) in [5.74, 6) is 0.902. The fourth-order valence-corrected chi connectivity index (χ4v) is 2.37. The van der Waals surface area contributed by atoms with Crippen molar-refractivity contribution in [2.24, 2.45) is 11.7 Å². The molecule has 1 amide bonds. The summed E-state index contributed by atoms with van der Waals surface area (Å²) in [6.45, 7) is 7.60. The molecule has 0 aromatic rings. The molecular weight excluding hydrogens is 200 g/mol. The smallest absolute Gasteiger partial charge is 0.239 e. The van der Waals surface area contributed by atoms with Crippen LogP contribution < -0.4 is 5.73 Å². The predicted octanol–water partition coefficient (Wildman–Crippen LogP) is 1.93. The minimum Gasteiger partial charge on any atom is -0.341 e. The second kappa shape index (κ2) is 6.69. The van der Waals surface area contributed by atoms with E-state index in [2.05, 4.69) is 13.5 Å². The average Bonchev–Trinajstić information content (AvgIpc) is 2.30. The Kier molecular flexibility index (Phi) is 5.53. The highest BCUT2D eigenvalue weighted by Gasteiger charge is 2.25. The summed E-state index contributed by atoms with van der Waals surface area (Å²) < 4.78 is 0. The van der Waals surface area contributed by atoms with Gasteiger partial charge in [-0.05, 0) is 25.2 Å². The maximum Gasteiger partial charge on any atom is 0.239 e. The zero-order valence-electron chi connectivity index (χ0n) is 10.3. The monoisotopic (exact) mass is 224 g/mol. The molecule has 0 bridgehead atoms. The summed E-state index contributed by atoms with van der Waals surface area (Å²) in [5, 5.41) is 0. The van der Waals surface area contributed by atoms with Gasteiger partial charge in [0.1, 0.15) is 0 Å². The lowest BCUT2D eigenvalue weighted by Gasteiger charge is -2.33. The third kappa shape index (κ3) is 3.63. The van der Waals surface area contributed by atoms with Gasteiger partial charge in [-0.15, -0.1) is 6.58 Å². The number of hydrogen-bond acceptors (Lipinski definition) is 2. The molecule has 0 radical (unpaired) electrons. The first kappa shape index (κ1) is 13.2. The molecular formula is C13H24N2O. The number of rotatable bonds is 5. The van der Waals surface area contributed by atoms with Crippen LogP contribution in [-0.4, -0.2) is 29.9 Å². The van der Waals surface area contributed by atoms with Crippen molar-refractivity contribution in [2.75, 3.05) is 13.1 Å². The summed E-state index contributed by atoms with van der Waals surface area (Å²) in [6.07, 6.45) is 7.11. The second-order valence-electron chi connectivity index (χ2n) is 4.69. The van der Waals surface area contributed by atoms with E-state index in [-0.39, 0.29) is 11.9 Å². The number of nitrogens with zero attached hydrogens (tertiary/aromatic N) is 1. The Balaban J connectivity index is 2.35. The number of piperidine rings is 1. The summed E-state index contributed by atoms with van der Waals surface area (Å²) in [4.78, 5) is 13.8. The number of carbonyl (C=O) groups is 1. The molecule has 0 spiro atoms. The topological polar surface area (TPSA) is 46.3 Å². The lowest BCUT2D eigenvalue weighted by Crippen LogP contribution is -2.46. The molecule has 16 heavy (non-hydrogen) atoms. The lowest BCUT2D eigenvalue weighted by molar-refractivity contribution is -0.133.